The topological polar surface area (TPSA) is 143 Å². The number of aryl methyl sites for hydroxylation is 1. The molecule has 0 saturated heterocycles. The second-order valence-corrected chi connectivity index (χ2v) is 11.0. The average molecular weight is 580 g/mol. The van der Waals surface area contributed by atoms with Gasteiger partial charge in [-0.1, -0.05) is 6.92 Å². The number of fused-ring (bicyclic) bond motifs is 4. The summed E-state index contributed by atoms with van der Waals surface area (Å²) in [5.41, 5.74) is 11.6. The van der Waals surface area contributed by atoms with E-state index in [2.05, 4.69) is 16.8 Å². The number of likely N-dealkylation sites (N-methyl/N-ethyl adjacent to an activating group) is 1. The first-order chi connectivity index (χ1) is 20.1. The summed E-state index contributed by atoms with van der Waals surface area (Å²) >= 11 is 0. The first-order valence-corrected chi connectivity index (χ1v) is 14.3. The van der Waals surface area contributed by atoms with E-state index in [9.17, 15) is 5.11 Å². The molecule has 0 saturated carbocycles. The van der Waals surface area contributed by atoms with Gasteiger partial charge in [0.1, 0.15) is 11.8 Å². The molecule has 2 atom stereocenters. The van der Waals surface area contributed by atoms with E-state index < -0.39 is 6.10 Å². The van der Waals surface area contributed by atoms with Crippen molar-refractivity contribution in [2.24, 2.45) is 7.05 Å². The zero-order valence-electron chi connectivity index (χ0n) is 25.4. The molecule has 0 aliphatic carbocycles. The maximum absolute atomic E-state index is 10.3. The summed E-state index contributed by atoms with van der Waals surface area (Å²) in [6, 6.07) is 0. The van der Waals surface area contributed by atoms with Crippen LogP contribution in [0.15, 0.2) is 12.4 Å². The van der Waals surface area contributed by atoms with Crippen LogP contribution in [0.5, 0.6) is 11.8 Å². The third kappa shape index (κ3) is 5.85. The van der Waals surface area contributed by atoms with Crippen LogP contribution in [-0.2, 0) is 31.5 Å². The third-order valence-corrected chi connectivity index (χ3v) is 7.07. The molecule has 4 aromatic rings. The fourth-order valence-corrected chi connectivity index (χ4v) is 5.28. The Morgan fingerprint density at radius 2 is 2.00 bits per heavy atom. The molecule has 0 radical (unpaired) electrons. The number of nitrogens with two attached hydrogens (primary N) is 1. The van der Waals surface area contributed by atoms with E-state index >= 15 is 0 Å². The molecular formula is C29H41N9O4. The van der Waals surface area contributed by atoms with Gasteiger partial charge in [-0.2, -0.15) is 5.10 Å². The quantitative estimate of drug-likeness (QED) is 0.335. The average Bonchev–Trinajstić information content (AvgIpc) is 3.55. The molecule has 0 aromatic carbocycles. The fourth-order valence-electron chi connectivity index (χ4n) is 5.28. The number of nitrogen functional groups attached to an aromatic ring is 1. The number of methoxy groups -OCH3 is 1. The number of hydrogen-bond donors (Lipinski definition) is 2. The lowest BCUT2D eigenvalue weighted by atomic mass is 10.1. The van der Waals surface area contributed by atoms with E-state index in [0.717, 1.165) is 29.1 Å². The SMILES string of the molecule is CCN1Cc2c(c(OC(C)C)nn2C[C@@H](C)O)/C=C/c2cnc3c(N)nc(cn23)-c2c(COC)nn(C)c2O[C@@H](C)C1. The molecule has 226 valence electrons. The van der Waals surface area contributed by atoms with Crippen LogP contribution in [-0.4, -0.2) is 82.4 Å². The molecule has 4 aromatic heterocycles. The predicted molar refractivity (Wildman–Crippen MR) is 160 cm³/mol. The van der Waals surface area contributed by atoms with Crippen molar-refractivity contribution in [2.75, 3.05) is 25.9 Å². The zero-order chi connectivity index (χ0) is 30.1. The molecule has 13 nitrogen and oxygen atoms in total. The Hall–Kier alpha value is -3.94. The van der Waals surface area contributed by atoms with Gasteiger partial charge in [0.2, 0.25) is 11.8 Å². The van der Waals surface area contributed by atoms with E-state index in [1.807, 2.05) is 55.3 Å². The van der Waals surface area contributed by atoms with E-state index in [0.29, 0.717) is 48.4 Å². The minimum atomic E-state index is -0.587. The van der Waals surface area contributed by atoms with Gasteiger partial charge < -0.3 is 25.1 Å². The number of anilines is 1. The largest absolute Gasteiger partial charge is 0.473 e. The van der Waals surface area contributed by atoms with Gasteiger partial charge in [0.05, 0.1) is 59.8 Å². The van der Waals surface area contributed by atoms with Crippen molar-refractivity contribution in [1.29, 1.82) is 0 Å². The molecule has 2 bridgehead atoms. The highest BCUT2D eigenvalue weighted by atomic mass is 16.5. The van der Waals surface area contributed by atoms with Gasteiger partial charge >= 0.3 is 0 Å². The van der Waals surface area contributed by atoms with Crippen LogP contribution in [0.2, 0.25) is 0 Å². The highest BCUT2D eigenvalue weighted by Gasteiger charge is 2.26. The van der Waals surface area contributed by atoms with Gasteiger partial charge in [-0.05, 0) is 46.4 Å². The Morgan fingerprint density at radius 3 is 2.69 bits per heavy atom. The van der Waals surface area contributed by atoms with E-state index in [1.165, 1.54) is 0 Å². The monoisotopic (exact) mass is 579 g/mol. The standard InChI is InChI=1S/C29H41N9O4/c1-8-36-13-19(5)42-29-25(23(16-40-7)33-35(29)6)22-14-37-20(11-31-27(37)26(30)32-22)9-10-21-24(15-36)38(12-18(4)39)34-28(21)41-17(2)3/h9-11,14,17-19,39H,8,12-13,15-16H2,1-7H3,(H2,30,32)/b10-9+/t18-,19+/m1/s1. The molecule has 1 aliphatic rings. The van der Waals surface area contributed by atoms with Crippen molar-refractivity contribution in [3.63, 3.8) is 0 Å². The Bertz CT molecular complexity index is 1580. The van der Waals surface area contributed by atoms with Gasteiger partial charge in [0, 0.05) is 33.4 Å². The highest BCUT2D eigenvalue weighted by Crippen LogP contribution is 2.35. The van der Waals surface area contributed by atoms with Crippen molar-refractivity contribution in [3.05, 3.63) is 35.0 Å². The predicted octanol–water partition coefficient (Wildman–Crippen LogP) is 3.00. The number of ether oxygens (including phenoxy) is 3. The Kier molecular flexibility index (Phi) is 8.53. The van der Waals surface area contributed by atoms with Gasteiger partial charge in [-0.3, -0.25) is 14.0 Å². The van der Waals surface area contributed by atoms with Crippen molar-refractivity contribution < 1.29 is 19.3 Å². The number of hydrogen-bond acceptors (Lipinski definition) is 10. The summed E-state index contributed by atoms with van der Waals surface area (Å²) in [5, 5.41) is 19.8. The minimum Gasteiger partial charge on any atom is -0.473 e. The summed E-state index contributed by atoms with van der Waals surface area (Å²) in [5.74, 6) is 1.38. The Morgan fingerprint density at radius 1 is 1.21 bits per heavy atom. The van der Waals surface area contributed by atoms with Crippen molar-refractivity contribution in [3.8, 4) is 23.0 Å². The number of aliphatic hydroxyl groups is 1. The molecule has 0 spiro atoms. The number of imidazole rings is 1. The van der Waals surface area contributed by atoms with Crippen LogP contribution in [0.1, 0.15) is 57.3 Å². The van der Waals surface area contributed by atoms with E-state index in [4.69, 9.17) is 35.1 Å². The molecule has 5 heterocycles. The smallest absolute Gasteiger partial charge is 0.240 e. The third-order valence-electron chi connectivity index (χ3n) is 7.07. The van der Waals surface area contributed by atoms with Crippen LogP contribution in [0.3, 0.4) is 0 Å². The highest BCUT2D eigenvalue weighted by molar-refractivity contribution is 5.77. The maximum atomic E-state index is 10.3. The van der Waals surface area contributed by atoms with E-state index in [-0.39, 0.29) is 24.6 Å². The maximum Gasteiger partial charge on any atom is 0.240 e. The summed E-state index contributed by atoms with van der Waals surface area (Å²) < 4.78 is 23.7. The summed E-state index contributed by atoms with van der Waals surface area (Å²) in [7, 11) is 3.48. The number of aliphatic hydroxyl groups excluding tert-OH is 1. The van der Waals surface area contributed by atoms with Crippen LogP contribution < -0.4 is 15.2 Å². The van der Waals surface area contributed by atoms with Gasteiger partial charge in [0.25, 0.3) is 0 Å². The first-order valence-electron chi connectivity index (χ1n) is 14.3. The summed E-state index contributed by atoms with van der Waals surface area (Å²) in [6.45, 7) is 12.4. The molecule has 0 amide bonds. The summed E-state index contributed by atoms with van der Waals surface area (Å²) in [6.07, 6.45) is 6.75. The lowest BCUT2D eigenvalue weighted by molar-refractivity contribution is 0.131. The zero-order valence-corrected chi connectivity index (χ0v) is 25.4. The first kappa shape index (κ1) is 29.5. The molecule has 0 fully saturated rings. The van der Waals surface area contributed by atoms with Crippen LogP contribution in [0.4, 0.5) is 5.82 Å². The van der Waals surface area contributed by atoms with Gasteiger partial charge in [-0.25, -0.2) is 14.6 Å². The van der Waals surface area contributed by atoms with Crippen molar-refractivity contribution in [2.45, 2.75) is 72.6 Å². The number of nitrogens with zero attached hydrogens (tertiary/aromatic N) is 8. The van der Waals surface area contributed by atoms with Crippen molar-refractivity contribution in [1.82, 2.24) is 38.8 Å². The van der Waals surface area contributed by atoms with Crippen molar-refractivity contribution >= 4 is 23.6 Å². The molecule has 5 rings (SSSR count). The minimum absolute atomic E-state index is 0.0812. The van der Waals surface area contributed by atoms with Crippen LogP contribution in [0.25, 0.3) is 29.1 Å². The van der Waals surface area contributed by atoms with Crippen LogP contribution >= 0.6 is 0 Å². The normalized spacial score (nSPS) is 17.5. The molecule has 13 heteroatoms. The fraction of sp³-hybridized carbons (Fsp3) is 0.517. The summed E-state index contributed by atoms with van der Waals surface area (Å²) in [4.78, 5) is 11.5. The van der Waals surface area contributed by atoms with Gasteiger partial charge in [0.15, 0.2) is 11.5 Å². The lowest BCUT2D eigenvalue weighted by Gasteiger charge is -2.26. The molecule has 0 unspecified atom stereocenters. The molecule has 3 N–H and O–H groups in total. The second-order valence-electron chi connectivity index (χ2n) is 11.0. The molecule has 42 heavy (non-hydrogen) atoms. The molecule has 1 aliphatic heterocycles. The van der Waals surface area contributed by atoms with E-state index in [1.54, 1.807) is 24.9 Å². The Labute approximate surface area is 245 Å². The van der Waals surface area contributed by atoms with Crippen LogP contribution in [0, 0.1) is 0 Å². The number of rotatable bonds is 7. The van der Waals surface area contributed by atoms with Gasteiger partial charge in [-0.15, -0.1) is 5.10 Å². The second kappa shape index (κ2) is 12.1. The Balaban J connectivity index is 1.75. The lowest BCUT2D eigenvalue weighted by Crippen LogP contribution is -2.35. The molecular weight excluding hydrogens is 538 g/mol. The number of aromatic nitrogens is 7.